The number of aliphatic hydroxyl groups is 3. The third-order valence-corrected chi connectivity index (χ3v) is 16.6. The summed E-state index contributed by atoms with van der Waals surface area (Å²) in [5.74, 6) is 0.109. The van der Waals surface area contributed by atoms with Crippen LogP contribution in [0.5, 0.6) is 0 Å². The fraction of sp³-hybridized carbons (Fsp3) is 0.932. The lowest BCUT2D eigenvalue weighted by atomic mass is 9.42. The van der Waals surface area contributed by atoms with Crippen molar-refractivity contribution in [1.29, 1.82) is 0 Å². The van der Waals surface area contributed by atoms with Gasteiger partial charge >= 0.3 is 5.97 Å². The van der Waals surface area contributed by atoms with Crippen LogP contribution < -0.4 is 0 Å². The molecule has 8 rings (SSSR count). The first-order valence-corrected chi connectivity index (χ1v) is 22.1. The SMILES string of the molecule is COC1CC(OC2C(C)OC(OC3C(C)OC(OC4CCC5(C)C(CCC6C5C(O)CC5(C)C(C7=CC(=O)OC7)CCC65O)C4)CC3OC)CC2OC)OC(C)C1O. The number of methoxy groups -OCH3 is 3. The zero-order valence-corrected chi connectivity index (χ0v) is 35.8. The molecule has 4 saturated carbocycles. The van der Waals surface area contributed by atoms with E-state index in [4.69, 9.17) is 47.4 Å². The van der Waals surface area contributed by atoms with E-state index >= 15 is 0 Å². The maximum absolute atomic E-state index is 12.6. The van der Waals surface area contributed by atoms with E-state index in [0.717, 1.165) is 44.1 Å². The Bertz CT molecular complexity index is 1500. The summed E-state index contributed by atoms with van der Waals surface area (Å²) in [6, 6.07) is 0. The molecule has 0 spiro atoms. The van der Waals surface area contributed by atoms with Crippen molar-refractivity contribution in [1.82, 2.24) is 0 Å². The maximum Gasteiger partial charge on any atom is 0.331 e. The molecule has 14 nitrogen and oxygen atoms in total. The lowest BCUT2D eigenvalue weighted by Crippen LogP contribution is -2.66. The molecule has 0 aromatic heterocycles. The summed E-state index contributed by atoms with van der Waals surface area (Å²) in [6.07, 6.45) is 3.72. The van der Waals surface area contributed by atoms with E-state index < -0.39 is 60.4 Å². The molecule has 8 aliphatic rings. The van der Waals surface area contributed by atoms with Crippen molar-refractivity contribution in [2.45, 2.75) is 197 Å². The highest BCUT2D eigenvalue weighted by Crippen LogP contribution is 2.70. The quantitative estimate of drug-likeness (QED) is 0.212. The van der Waals surface area contributed by atoms with E-state index in [-0.39, 0.29) is 65.8 Å². The van der Waals surface area contributed by atoms with Gasteiger partial charge < -0.3 is 62.7 Å². The van der Waals surface area contributed by atoms with Crippen molar-refractivity contribution in [3.8, 4) is 0 Å². The molecular weight excluding hydrogens is 752 g/mol. The van der Waals surface area contributed by atoms with Crippen LogP contribution in [0.3, 0.4) is 0 Å². The lowest BCUT2D eigenvalue weighted by molar-refractivity contribution is -0.339. The molecule has 0 radical (unpaired) electrons. The average molecular weight is 823 g/mol. The van der Waals surface area contributed by atoms with E-state index in [1.54, 1.807) is 27.4 Å². The molecule has 58 heavy (non-hydrogen) atoms. The highest BCUT2D eigenvalue weighted by Gasteiger charge is 2.70. The van der Waals surface area contributed by atoms with Crippen molar-refractivity contribution in [2.75, 3.05) is 27.9 Å². The number of rotatable bonds is 10. The van der Waals surface area contributed by atoms with Gasteiger partial charge in [0.1, 0.15) is 24.9 Å². The number of hydrogen-bond donors (Lipinski definition) is 3. The number of cyclic esters (lactones) is 1. The molecule has 330 valence electrons. The van der Waals surface area contributed by atoms with Crippen molar-refractivity contribution < 1.29 is 67.5 Å². The second kappa shape index (κ2) is 16.8. The molecule has 0 aromatic rings. The number of hydrogen-bond acceptors (Lipinski definition) is 14. The Morgan fingerprint density at radius 2 is 1.31 bits per heavy atom. The Hall–Kier alpha value is -1.27. The van der Waals surface area contributed by atoms with Gasteiger partial charge in [0.2, 0.25) is 0 Å². The van der Waals surface area contributed by atoms with Gasteiger partial charge in [0.15, 0.2) is 18.9 Å². The Labute approximate surface area is 343 Å². The van der Waals surface area contributed by atoms with Gasteiger partial charge in [-0.05, 0) is 107 Å². The second-order valence-corrected chi connectivity index (χ2v) is 19.5. The normalized spacial score (nSPS) is 53.3. The maximum atomic E-state index is 12.6. The topological polar surface area (TPSA) is 170 Å². The molecule has 0 bridgehead atoms. The molecule has 4 aliphatic heterocycles. The molecule has 0 aromatic carbocycles. The highest BCUT2D eigenvalue weighted by molar-refractivity contribution is 5.85. The zero-order valence-electron chi connectivity index (χ0n) is 35.8. The molecule has 14 heteroatoms. The number of carbonyl (C=O) groups is 1. The summed E-state index contributed by atoms with van der Waals surface area (Å²) in [6.45, 7) is 10.5. The van der Waals surface area contributed by atoms with Gasteiger partial charge in [0.05, 0.1) is 54.4 Å². The van der Waals surface area contributed by atoms with E-state index in [1.165, 1.54) is 0 Å². The van der Waals surface area contributed by atoms with Crippen LogP contribution in [0.2, 0.25) is 0 Å². The minimum atomic E-state index is -0.891. The third kappa shape index (κ3) is 7.54. The van der Waals surface area contributed by atoms with E-state index in [0.29, 0.717) is 44.6 Å². The van der Waals surface area contributed by atoms with Crippen LogP contribution >= 0.6 is 0 Å². The average Bonchev–Trinajstić information content (AvgIpc) is 3.73. The molecule has 3 saturated heterocycles. The van der Waals surface area contributed by atoms with Gasteiger partial charge in [-0.25, -0.2) is 4.79 Å². The molecule has 7 fully saturated rings. The van der Waals surface area contributed by atoms with Gasteiger partial charge in [-0.15, -0.1) is 0 Å². The predicted molar refractivity (Wildman–Crippen MR) is 207 cm³/mol. The third-order valence-electron chi connectivity index (χ3n) is 16.6. The Morgan fingerprint density at radius 3 is 1.90 bits per heavy atom. The molecule has 3 N–H and O–H groups in total. The number of esters is 1. The first-order valence-electron chi connectivity index (χ1n) is 22.1. The summed E-state index contributed by atoms with van der Waals surface area (Å²) in [5, 5.41) is 35.1. The second-order valence-electron chi connectivity index (χ2n) is 19.5. The number of aliphatic hydroxyl groups excluding tert-OH is 2. The van der Waals surface area contributed by atoms with E-state index in [2.05, 4.69) is 13.8 Å². The van der Waals surface area contributed by atoms with E-state index in [9.17, 15) is 20.1 Å². The lowest BCUT2D eigenvalue weighted by Gasteiger charge is -2.65. The fourth-order valence-electron chi connectivity index (χ4n) is 13.5. The van der Waals surface area contributed by atoms with Crippen LogP contribution in [0.1, 0.15) is 105 Å². The van der Waals surface area contributed by atoms with Crippen molar-refractivity contribution in [3.63, 3.8) is 0 Å². The summed E-state index contributed by atoms with van der Waals surface area (Å²) in [7, 11) is 4.93. The summed E-state index contributed by atoms with van der Waals surface area (Å²) < 4.78 is 61.3. The minimum absolute atomic E-state index is 0.00629. The largest absolute Gasteiger partial charge is 0.458 e. The van der Waals surface area contributed by atoms with Gasteiger partial charge in [0, 0.05) is 52.1 Å². The number of fused-ring (bicyclic) bond motifs is 5. The molecule has 21 atom stereocenters. The summed E-state index contributed by atoms with van der Waals surface area (Å²) >= 11 is 0. The molecule has 21 unspecified atom stereocenters. The van der Waals surface area contributed by atoms with Crippen LogP contribution in [-0.4, -0.2) is 141 Å². The van der Waals surface area contributed by atoms with Crippen molar-refractivity contribution in [3.05, 3.63) is 11.6 Å². The Balaban J connectivity index is 0.857. The van der Waals surface area contributed by atoms with Crippen LogP contribution in [0.4, 0.5) is 0 Å². The number of ether oxygens (including phenoxy) is 10. The van der Waals surface area contributed by atoms with Crippen molar-refractivity contribution >= 4 is 5.97 Å². The Morgan fingerprint density at radius 1 is 0.724 bits per heavy atom. The van der Waals surface area contributed by atoms with Crippen LogP contribution in [-0.2, 0) is 52.2 Å². The summed E-state index contributed by atoms with van der Waals surface area (Å²) in [4.78, 5) is 12.0. The molecular formula is C44H70O14. The molecule has 4 aliphatic carbocycles. The van der Waals surface area contributed by atoms with Gasteiger partial charge in [-0.1, -0.05) is 13.8 Å². The molecule has 0 amide bonds. The first kappa shape index (κ1) is 43.4. The highest BCUT2D eigenvalue weighted by atomic mass is 16.7. The van der Waals surface area contributed by atoms with E-state index in [1.807, 2.05) is 20.8 Å². The van der Waals surface area contributed by atoms with Crippen LogP contribution in [0, 0.1) is 34.5 Å². The predicted octanol–water partition coefficient (Wildman–Crippen LogP) is 4.18. The zero-order chi connectivity index (χ0) is 41.3. The van der Waals surface area contributed by atoms with Gasteiger partial charge in [0.25, 0.3) is 0 Å². The van der Waals surface area contributed by atoms with Gasteiger partial charge in [-0.3, -0.25) is 0 Å². The van der Waals surface area contributed by atoms with Gasteiger partial charge in [-0.2, -0.15) is 0 Å². The standard InChI is InChI=1S/C44H70O14/c1-22-39(47)31(49-6)17-36(53-22)57-41-24(3)55-37(19-33(41)51-8)58-40-23(2)54-35(18-32(40)50-7)56-27-11-13-42(4)26(16-27)9-10-29-38(42)30(45)20-43(5)28(12-14-44(29,43)48)25-15-34(46)52-21-25/h15,22-24,26-33,35-41,45,47-48H,9-14,16-21H2,1-8H3. The summed E-state index contributed by atoms with van der Waals surface area (Å²) in [5.41, 5.74) is -0.535. The molecule has 4 heterocycles. The Kier molecular flexibility index (Phi) is 12.6. The minimum Gasteiger partial charge on any atom is -0.458 e. The fourth-order valence-corrected chi connectivity index (χ4v) is 13.5. The van der Waals surface area contributed by atoms with Crippen LogP contribution in [0.25, 0.3) is 0 Å². The first-order chi connectivity index (χ1) is 27.6. The number of carbonyl (C=O) groups excluding carboxylic acids is 1. The smallest absolute Gasteiger partial charge is 0.331 e. The van der Waals surface area contributed by atoms with Crippen molar-refractivity contribution in [2.24, 2.45) is 34.5 Å². The van der Waals surface area contributed by atoms with Crippen LogP contribution in [0.15, 0.2) is 11.6 Å². The monoisotopic (exact) mass is 822 g/mol.